The van der Waals surface area contributed by atoms with Gasteiger partial charge in [-0.3, -0.25) is 4.79 Å². The highest BCUT2D eigenvalue weighted by Gasteiger charge is 2.33. The highest BCUT2D eigenvalue weighted by molar-refractivity contribution is 5.94. The van der Waals surface area contributed by atoms with Gasteiger partial charge < -0.3 is 10.1 Å². The summed E-state index contributed by atoms with van der Waals surface area (Å²) < 4.78 is 0. The first-order valence-electron chi connectivity index (χ1n) is 6.23. The predicted octanol–water partition coefficient (Wildman–Crippen LogP) is 3.40. The van der Waals surface area contributed by atoms with Crippen molar-refractivity contribution in [2.45, 2.75) is 39.5 Å². The molecule has 0 spiro atoms. The summed E-state index contributed by atoms with van der Waals surface area (Å²) in [6.45, 7) is 7.56. The van der Waals surface area contributed by atoms with Gasteiger partial charge in [-0.1, -0.05) is 25.1 Å². The van der Waals surface area contributed by atoms with Crippen molar-refractivity contribution < 1.29 is 9.90 Å². The molecule has 3 heteroatoms. The van der Waals surface area contributed by atoms with Crippen molar-refractivity contribution in [2.75, 3.05) is 0 Å². The first kappa shape index (κ1) is 12.7. The molecule has 0 fully saturated rings. The number of carbonyl (C=O) groups is 1. The number of aryl methyl sites for hydroxylation is 2. The molecule has 2 aromatic rings. The Morgan fingerprint density at radius 2 is 2.06 bits per heavy atom. The largest absolute Gasteiger partial charge is 0.481 e. The lowest BCUT2D eigenvalue weighted by molar-refractivity contribution is -0.142. The number of aromatic amines is 1. The van der Waals surface area contributed by atoms with Gasteiger partial charge >= 0.3 is 5.97 Å². The van der Waals surface area contributed by atoms with Crippen molar-refractivity contribution in [3.63, 3.8) is 0 Å². The minimum absolute atomic E-state index is 0.798. The molecule has 1 heterocycles. The second-order valence-corrected chi connectivity index (χ2v) is 5.25. The molecule has 0 aliphatic heterocycles. The second-order valence-electron chi connectivity index (χ2n) is 5.25. The Balaban J connectivity index is 2.80. The summed E-state index contributed by atoms with van der Waals surface area (Å²) in [7, 11) is 0. The molecule has 0 aliphatic carbocycles. The number of aliphatic carboxylic acids is 1. The topological polar surface area (TPSA) is 53.1 Å². The lowest BCUT2D eigenvalue weighted by Gasteiger charge is -2.20. The molecule has 0 bridgehead atoms. The Kier molecular flexibility index (Phi) is 2.93. The van der Waals surface area contributed by atoms with Crippen LogP contribution in [0.3, 0.4) is 0 Å². The van der Waals surface area contributed by atoms with Gasteiger partial charge in [0, 0.05) is 16.6 Å². The molecular formula is C15H19NO2. The third-order valence-corrected chi connectivity index (χ3v) is 3.65. The van der Waals surface area contributed by atoms with E-state index in [1.807, 2.05) is 19.1 Å². The molecule has 3 nitrogen and oxygen atoms in total. The average Bonchev–Trinajstić information content (AvgIpc) is 2.64. The molecule has 0 radical (unpaired) electrons. The number of fused-ring (bicyclic) bond motifs is 1. The third-order valence-electron chi connectivity index (χ3n) is 3.65. The summed E-state index contributed by atoms with van der Waals surface area (Å²) in [5, 5.41) is 10.4. The summed E-state index contributed by atoms with van der Waals surface area (Å²) in [5.41, 5.74) is 3.25. The van der Waals surface area contributed by atoms with E-state index in [-0.39, 0.29) is 0 Å². The fraction of sp³-hybridized carbons (Fsp3) is 0.400. The van der Waals surface area contributed by atoms with E-state index in [0.717, 1.165) is 28.6 Å². The van der Waals surface area contributed by atoms with E-state index in [1.54, 1.807) is 13.8 Å². The van der Waals surface area contributed by atoms with Gasteiger partial charge in [-0.2, -0.15) is 0 Å². The summed E-state index contributed by atoms with van der Waals surface area (Å²) >= 11 is 0. The minimum Gasteiger partial charge on any atom is -0.481 e. The Labute approximate surface area is 107 Å². The highest BCUT2D eigenvalue weighted by atomic mass is 16.4. The maximum atomic E-state index is 11.5. The van der Waals surface area contributed by atoms with Gasteiger partial charge in [-0.15, -0.1) is 0 Å². The number of carboxylic acids is 1. The van der Waals surface area contributed by atoms with Gasteiger partial charge in [0.2, 0.25) is 0 Å². The normalized spacial score (nSPS) is 12.0. The SMILES string of the molecule is CCc1cccc2c(C(C)(C)C(=O)O)c(C)[nH]c12. The number of hydrogen-bond donors (Lipinski definition) is 2. The maximum absolute atomic E-state index is 11.5. The van der Waals surface area contributed by atoms with Crippen molar-refractivity contribution in [3.8, 4) is 0 Å². The number of para-hydroxylation sites is 1. The van der Waals surface area contributed by atoms with Crippen LogP contribution >= 0.6 is 0 Å². The van der Waals surface area contributed by atoms with Crippen LogP contribution in [0, 0.1) is 6.92 Å². The van der Waals surface area contributed by atoms with Crippen LogP contribution in [0.15, 0.2) is 18.2 Å². The molecule has 0 atom stereocenters. The molecule has 18 heavy (non-hydrogen) atoms. The van der Waals surface area contributed by atoms with Gasteiger partial charge in [-0.25, -0.2) is 0 Å². The number of hydrogen-bond acceptors (Lipinski definition) is 1. The maximum Gasteiger partial charge on any atom is 0.313 e. The molecule has 1 aromatic heterocycles. The minimum atomic E-state index is -0.880. The molecule has 0 aliphatic rings. The molecule has 0 amide bonds. The van der Waals surface area contributed by atoms with Crippen molar-refractivity contribution in [1.29, 1.82) is 0 Å². The number of benzene rings is 1. The van der Waals surface area contributed by atoms with Crippen molar-refractivity contribution in [3.05, 3.63) is 35.0 Å². The van der Waals surface area contributed by atoms with E-state index in [9.17, 15) is 9.90 Å². The molecule has 0 unspecified atom stereocenters. The molecule has 0 saturated carbocycles. The number of H-pyrrole nitrogens is 1. The zero-order valence-corrected chi connectivity index (χ0v) is 11.3. The third kappa shape index (κ3) is 1.70. The van der Waals surface area contributed by atoms with Crippen molar-refractivity contribution in [1.82, 2.24) is 4.98 Å². The van der Waals surface area contributed by atoms with Crippen LogP contribution in [-0.4, -0.2) is 16.1 Å². The molecule has 2 N–H and O–H groups in total. The first-order chi connectivity index (χ1) is 8.39. The second kappa shape index (κ2) is 4.16. The quantitative estimate of drug-likeness (QED) is 0.870. The van der Waals surface area contributed by atoms with Gasteiger partial charge in [0.1, 0.15) is 0 Å². The molecule has 1 aromatic carbocycles. The number of nitrogens with one attached hydrogen (secondary N) is 1. The van der Waals surface area contributed by atoms with Crippen LogP contribution in [0.4, 0.5) is 0 Å². The van der Waals surface area contributed by atoms with E-state index in [0.29, 0.717) is 0 Å². The average molecular weight is 245 g/mol. The Bertz CT molecular complexity index is 608. The fourth-order valence-electron chi connectivity index (χ4n) is 2.62. The van der Waals surface area contributed by atoms with Gasteiger partial charge in [0.15, 0.2) is 0 Å². The summed E-state index contributed by atoms with van der Waals surface area (Å²) in [5.74, 6) is -0.798. The van der Waals surface area contributed by atoms with Crippen molar-refractivity contribution >= 4 is 16.9 Å². The van der Waals surface area contributed by atoms with E-state index >= 15 is 0 Å². The summed E-state index contributed by atoms with van der Waals surface area (Å²) in [6, 6.07) is 6.07. The smallest absolute Gasteiger partial charge is 0.313 e. The fourth-order valence-corrected chi connectivity index (χ4v) is 2.62. The van der Waals surface area contributed by atoms with E-state index < -0.39 is 11.4 Å². The van der Waals surface area contributed by atoms with Gasteiger partial charge in [0.25, 0.3) is 0 Å². The molecule has 96 valence electrons. The standard InChI is InChI=1S/C15H19NO2/c1-5-10-7-6-8-11-12(9(2)16-13(10)11)15(3,4)14(17)18/h6-8,16H,5H2,1-4H3,(H,17,18). The summed E-state index contributed by atoms with van der Waals surface area (Å²) in [6.07, 6.45) is 0.935. The predicted molar refractivity (Wildman–Crippen MR) is 73.1 cm³/mol. The Morgan fingerprint density at radius 3 is 2.61 bits per heavy atom. The van der Waals surface area contributed by atoms with Crippen LogP contribution in [0.5, 0.6) is 0 Å². The van der Waals surface area contributed by atoms with Crippen LogP contribution in [0.25, 0.3) is 10.9 Å². The number of carboxylic acid groups (broad SMARTS) is 1. The van der Waals surface area contributed by atoms with Gasteiger partial charge in [0.05, 0.1) is 5.41 Å². The van der Waals surface area contributed by atoms with Gasteiger partial charge in [-0.05, 0) is 38.3 Å². The van der Waals surface area contributed by atoms with E-state index in [1.165, 1.54) is 5.56 Å². The molecule has 0 saturated heterocycles. The Hall–Kier alpha value is -1.77. The zero-order valence-electron chi connectivity index (χ0n) is 11.3. The van der Waals surface area contributed by atoms with Crippen LogP contribution < -0.4 is 0 Å². The highest BCUT2D eigenvalue weighted by Crippen LogP contribution is 2.34. The lowest BCUT2D eigenvalue weighted by Crippen LogP contribution is -2.29. The Morgan fingerprint density at radius 1 is 1.39 bits per heavy atom. The molecular weight excluding hydrogens is 226 g/mol. The monoisotopic (exact) mass is 245 g/mol. The first-order valence-corrected chi connectivity index (χ1v) is 6.23. The number of rotatable bonds is 3. The van der Waals surface area contributed by atoms with Crippen LogP contribution in [0.1, 0.15) is 37.6 Å². The lowest BCUT2D eigenvalue weighted by atomic mass is 9.82. The summed E-state index contributed by atoms with van der Waals surface area (Å²) in [4.78, 5) is 14.8. The van der Waals surface area contributed by atoms with E-state index in [2.05, 4.69) is 18.0 Å². The van der Waals surface area contributed by atoms with E-state index in [4.69, 9.17) is 0 Å². The molecule has 2 rings (SSSR count). The van der Waals surface area contributed by atoms with Crippen LogP contribution in [-0.2, 0) is 16.6 Å². The van der Waals surface area contributed by atoms with Crippen LogP contribution in [0.2, 0.25) is 0 Å². The number of aromatic nitrogens is 1. The van der Waals surface area contributed by atoms with Crippen molar-refractivity contribution in [2.24, 2.45) is 0 Å². The zero-order chi connectivity index (χ0) is 13.5.